The van der Waals surface area contributed by atoms with Crippen molar-refractivity contribution in [2.45, 2.75) is 32.9 Å². The number of pyridine rings is 1. The van der Waals surface area contributed by atoms with E-state index in [1.165, 1.54) is 0 Å². The highest BCUT2D eigenvalue weighted by atomic mass is 19.1. The average molecular weight is 471 g/mol. The van der Waals surface area contributed by atoms with E-state index in [9.17, 15) is 9.18 Å². The maximum atomic E-state index is 14.6. The van der Waals surface area contributed by atoms with Gasteiger partial charge in [0.1, 0.15) is 0 Å². The van der Waals surface area contributed by atoms with Gasteiger partial charge in [-0.3, -0.25) is 9.78 Å². The van der Waals surface area contributed by atoms with Crippen LogP contribution < -0.4 is 15.5 Å². The molecule has 0 atom stereocenters. The Morgan fingerprint density at radius 1 is 1.00 bits per heavy atom. The minimum Gasteiger partial charge on any atom is -0.363 e. The van der Waals surface area contributed by atoms with Crippen LogP contribution in [0.5, 0.6) is 0 Å². The van der Waals surface area contributed by atoms with E-state index >= 15 is 0 Å². The standard InChI is InChI=1S/C27H27FN6O/c1-18-24(28)25(33-27(32-18)34-14-4-5-15-34)30-16-19-8-10-20(11-9-19)26(35)31-17-21-12-13-29-23-7-3-2-6-22(21)23/h2-3,6-13H,4-5,14-17H2,1H3,(H,31,35)(H,30,32,33). The number of nitrogens with one attached hydrogen (secondary N) is 2. The summed E-state index contributed by atoms with van der Waals surface area (Å²) in [5, 5.41) is 7.09. The number of nitrogens with zero attached hydrogens (tertiary/aromatic N) is 4. The Hall–Kier alpha value is -4.07. The van der Waals surface area contributed by atoms with Crippen LogP contribution in [0.3, 0.4) is 0 Å². The van der Waals surface area contributed by atoms with Crippen LogP contribution in [0.2, 0.25) is 0 Å². The van der Waals surface area contributed by atoms with Gasteiger partial charge in [-0.05, 0) is 55.2 Å². The Labute approximate surface area is 203 Å². The minimum atomic E-state index is -0.437. The Balaban J connectivity index is 1.21. The third kappa shape index (κ3) is 5.06. The van der Waals surface area contributed by atoms with Crippen LogP contribution in [0, 0.1) is 12.7 Å². The lowest BCUT2D eigenvalue weighted by Gasteiger charge is -2.17. The van der Waals surface area contributed by atoms with Crippen molar-refractivity contribution in [3.63, 3.8) is 0 Å². The van der Waals surface area contributed by atoms with Crippen LogP contribution in [0.1, 0.15) is 40.0 Å². The predicted octanol–water partition coefficient (Wildman–Crippen LogP) is 4.61. The Kier molecular flexibility index (Phi) is 6.52. The molecule has 0 bridgehead atoms. The molecule has 0 saturated carbocycles. The fourth-order valence-corrected chi connectivity index (χ4v) is 4.27. The number of hydrogen-bond acceptors (Lipinski definition) is 6. The molecule has 8 heteroatoms. The molecule has 1 fully saturated rings. The summed E-state index contributed by atoms with van der Waals surface area (Å²) in [5.41, 5.74) is 3.73. The Morgan fingerprint density at radius 3 is 2.57 bits per heavy atom. The average Bonchev–Trinajstić information content (AvgIpc) is 3.43. The first-order valence-electron chi connectivity index (χ1n) is 11.8. The molecule has 1 aliphatic rings. The lowest BCUT2D eigenvalue weighted by atomic mass is 10.1. The number of carbonyl (C=O) groups is 1. The van der Waals surface area contributed by atoms with E-state index in [1.54, 1.807) is 25.3 Å². The topological polar surface area (TPSA) is 83.0 Å². The van der Waals surface area contributed by atoms with Crippen LogP contribution in [-0.4, -0.2) is 33.9 Å². The summed E-state index contributed by atoms with van der Waals surface area (Å²) in [6.45, 7) is 4.25. The molecule has 0 unspecified atom stereocenters. The number of amides is 1. The van der Waals surface area contributed by atoms with Gasteiger partial charge in [0.05, 0.1) is 11.2 Å². The summed E-state index contributed by atoms with van der Waals surface area (Å²) in [5.74, 6) is 0.175. The zero-order chi connectivity index (χ0) is 24.2. The molecule has 1 saturated heterocycles. The van der Waals surface area contributed by atoms with Crippen molar-refractivity contribution >= 4 is 28.6 Å². The number of aryl methyl sites for hydroxylation is 1. The maximum Gasteiger partial charge on any atom is 0.251 e. The van der Waals surface area contributed by atoms with Crippen molar-refractivity contribution < 1.29 is 9.18 Å². The molecule has 7 nitrogen and oxygen atoms in total. The maximum absolute atomic E-state index is 14.6. The second-order valence-corrected chi connectivity index (χ2v) is 8.69. The molecule has 3 heterocycles. The number of anilines is 2. The van der Waals surface area contributed by atoms with Gasteiger partial charge >= 0.3 is 0 Å². The zero-order valence-corrected chi connectivity index (χ0v) is 19.6. The summed E-state index contributed by atoms with van der Waals surface area (Å²) in [6.07, 6.45) is 3.95. The van der Waals surface area contributed by atoms with Gasteiger partial charge in [0.2, 0.25) is 5.95 Å². The number of halogens is 1. The van der Waals surface area contributed by atoms with E-state index in [0.717, 1.165) is 48.0 Å². The SMILES string of the molecule is Cc1nc(N2CCCC2)nc(NCc2ccc(C(=O)NCc3ccnc4ccccc34)cc2)c1F. The van der Waals surface area contributed by atoms with Crippen molar-refractivity contribution in [3.8, 4) is 0 Å². The summed E-state index contributed by atoms with van der Waals surface area (Å²) in [6, 6.07) is 17.0. The first-order chi connectivity index (χ1) is 17.1. The monoisotopic (exact) mass is 470 g/mol. The molecule has 35 heavy (non-hydrogen) atoms. The second kappa shape index (κ2) is 10.0. The van der Waals surface area contributed by atoms with Gasteiger partial charge in [0.25, 0.3) is 5.91 Å². The van der Waals surface area contributed by atoms with Gasteiger partial charge in [0, 0.05) is 43.3 Å². The molecule has 0 radical (unpaired) electrons. The number of fused-ring (bicyclic) bond motifs is 1. The molecular formula is C27H27FN6O. The fourth-order valence-electron chi connectivity index (χ4n) is 4.27. The number of carbonyl (C=O) groups excluding carboxylic acids is 1. The molecule has 0 spiro atoms. The van der Waals surface area contributed by atoms with Gasteiger partial charge in [-0.25, -0.2) is 9.37 Å². The molecule has 1 aliphatic heterocycles. The molecule has 2 N–H and O–H groups in total. The molecule has 2 aromatic carbocycles. The molecule has 178 valence electrons. The van der Waals surface area contributed by atoms with Crippen molar-refractivity contribution in [2.24, 2.45) is 0 Å². The normalized spacial score (nSPS) is 13.3. The van der Waals surface area contributed by atoms with Crippen LogP contribution in [0.25, 0.3) is 10.9 Å². The number of aromatic nitrogens is 3. The van der Waals surface area contributed by atoms with E-state index in [0.29, 0.717) is 30.3 Å². The third-order valence-corrected chi connectivity index (χ3v) is 6.25. The van der Waals surface area contributed by atoms with E-state index in [1.807, 2.05) is 42.5 Å². The van der Waals surface area contributed by atoms with Crippen molar-refractivity contribution in [3.05, 3.63) is 89.0 Å². The molecule has 2 aromatic heterocycles. The highest BCUT2D eigenvalue weighted by molar-refractivity contribution is 5.94. The van der Waals surface area contributed by atoms with Crippen molar-refractivity contribution in [1.82, 2.24) is 20.3 Å². The first-order valence-corrected chi connectivity index (χ1v) is 11.8. The highest BCUT2D eigenvalue weighted by Gasteiger charge is 2.19. The highest BCUT2D eigenvalue weighted by Crippen LogP contribution is 2.22. The third-order valence-electron chi connectivity index (χ3n) is 6.25. The number of hydrogen-bond donors (Lipinski definition) is 2. The van der Waals surface area contributed by atoms with Crippen molar-refractivity contribution in [2.75, 3.05) is 23.3 Å². The van der Waals surface area contributed by atoms with E-state index in [4.69, 9.17) is 0 Å². The van der Waals surface area contributed by atoms with Crippen LogP contribution >= 0.6 is 0 Å². The first kappa shape index (κ1) is 22.7. The van der Waals surface area contributed by atoms with Gasteiger partial charge in [-0.15, -0.1) is 0 Å². The molecule has 5 rings (SSSR count). The molecular weight excluding hydrogens is 443 g/mol. The van der Waals surface area contributed by atoms with Gasteiger partial charge in [-0.2, -0.15) is 4.98 Å². The number of rotatable bonds is 7. The van der Waals surface area contributed by atoms with Gasteiger partial charge in [-0.1, -0.05) is 30.3 Å². The van der Waals surface area contributed by atoms with E-state index < -0.39 is 5.82 Å². The van der Waals surface area contributed by atoms with Crippen LogP contribution in [0.4, 0.5) is 16.2 Å². The van der Waals surface area contributed by atoms with Crippen molar-refractivity contribution in [1.29, 1.82) is 0 Å². The molecule has 0 aliphatic carbocycles. The largest absolute Gasteiger partial charge is 0.363 e. The zero-order valence-electron chi connectivity index (χ0n) is 19.6. The lowest BCUT2D eigenvalue weighted by molar-refractivity contribution is 0.0951. The summed E-state index contributed by atoms with van der Waals surface area (Å²) in [4.78, 5) is 27.8. The van der Waals surface area contributed by atoms with Crippen LogP contribution in [-0.2, 0) is 13.1 Å². The Morgan fingerprint density at radius 2 is 1.77 bits per heavy atom. The minimum absolute atomic E-state index is 0.155. The molecule has 1 amide bonds. The summed E-state index contributed by atoms with van der Waals surface area (Å²) < 4.78 is 14.6. The number of benzene rings is 2. The van der Waals surface area contributed by atoms with Gasteiger partial charge in [0.15, 0.2) is 11.6 Å². The second-order valence-electron chi connectivity index (χ2n) is 8.69. The fraction of sp³-hybridized carbons (Fsp3) is 0.259. The van der Waals surface area contributed by atoms with E-state index in [2.05, 4.69) is 30.5 Å². The quantitative estimate of drug-likeness (QED) is 0.410. The summed E-state index contributed by atoms with van der Waals surface area (Å²) in [7, 11) is 0. The smallest absolute Gasteiger partial charge is 0.251 e. The number of para-hydroxylation sites is 1. The Bertz CT molecular complexity index is 1350. The van der Waals surface area contributed by atoms with Crippen LogP contribution in [0.15, 0.2) is 60.8 Å². The lowest BCUT2D eigenvalue weighted by Crippen LogP contribution is -2.23. The molecule has 4 aromatic rings. The summed E-state index contributed by atoms with van der Waals surface area (Å²) >= 11 is 0. The predicted molar refractivity (Wildman–Crippen MR) is 135 cm³/mol. The van der Waals surface area contributed by atoms with Gasteiger partial charge < -0.3 is 15.5 Å². The van der Waals surface area contributed by atoms with E-state index in [-0.39, 0.29) is 11.7 Å².